The first-order valence-electron chi connectivity index (χ1n) is 6.92. The van der Waals surface area contributed by atoms with Gasteiger partial charge in [-0.05, 0) is 18.2 Å². The fourth-order valence-corrected chi connectivity index (χ4v) is 2.52. The zero-order valence-electron chi connectivity index (χ0n) is 12.7. The fourth-order valence-electron chi connectivity index (χ4n) is 2.52. The molecule has 116 valence electrons. The Morgan fingerprint density at radius 1 is 1.09 bits per heavy atom. The van der Waals surface area contributed by atoms with Crippen molar-refractivity contribution in [3.8, 4) is 17.2 Å². The molecule has 0 spiro atoms. The Balaban J connectivity index is 2.62. The van der Waals surface area contributed by atoms with Crippen LogP contribution < -0.4 is 9.47 Å². The minimum absolute atomic E-state index is 0.144. The molecule has 0 aromatic heterocycles. The van der Waals surface area contributed by atoms with Crippen molar-refractivity contribution in [1.82, 2.24) is 0 Å². The molecule has 0 amide bonds. The lowest BCUT2D eigenvalue weighted by Crippen LogP contribution is -2.04. The predicted octanol–water partition coefficient (Wildman–Crippen LogP) is 3.22. The van der Waals surface area contributed by atoms with E-state index >= 15 is 0 Å². The number of ether oxygens (including phenoxy) is 2. The highest BCUT2D eigenvalue weighted by atomic mass is 16.5. The summed E-state index contributed by atoms with van der Waals surface area (Å²) in [6.07, 6.45) is 1.74. The summed E-state index contributed by atoms with van der Waals surface area (Å²) < 4.78 is 10.8. The second-order valence-corrected chi connectivity index (χ2v) is 4.84. The molecule has 0 heterocycles. The van der Waals surface area contributed by atoms with Crippen LogP contribution in [0.25, 0.3) is 0 Å². The largest absolute Gasteiger partial charge is 0.508 e. The smallest absolute Gasteiger partial charge is 0.124 e. The van der Waals surface area contributed by atoms with Crippen molar-refractivity contribution in [3.63, 3.8) is 0 Å². The Hall–Kier alpha value is -2.46. The van der Waals surface area contributed by atoms with Gasteiger partial charge in [-0.2, -0.15) is 0 Å². The summed E-state index contributed by atoms with van der Waals surface area (Å²) in [7, 11) is 3.12. The summed E-state index contributed by atoms with van der Waals surface area (Å²) in [5.74, 6) is 1.12. The van der Waals surface area contributed by atoms with E-state index in [-0.39, 0.29) is 18.3 Å². The molecule has 0 aliphatic carbocycles. The van der Waals surface area contributed by atoms with Gasteiger partial charge in [0.2, 0.25) is 0 Å². The van der Waals surface area contributed by atoms with Crippen molar-refractivity contribution in [1.29, 1.82) is 0 Å². The maximum atomic E-state index is 10.1. The van der Waals surface area contributed by atoms with Crippen LogP contribution in [0.15, 0.2) is 49.1 Å². The van der Waals surface area contributed by atoms with Crippen LogP contribution in [0.2, 0.25) is 0 Å². The summed E-state index contributed by atoms with van der Waals surface area (Å²) in [4.78, 5) is 0. The molecular formula is C18H20O4. The Morgan fingerprint density at radius 2 is 1.77 bits per heavy atom. The van der Waals surface area contributed by atoms with E-state index in [1.807, 2.05) is 18.2 Å². The molecule has 2 N–H and O–H groups in total. The monoisotopic (exact) mass is 300 g/mol. The Bertz CT molecular complexity index is 664. The summed E-state index contributed by atoms with van der Waals surface area (Å²) in [6, 6.07) is 10.7. The number of benzene rings is 2. The maximum absolute atomic E-state index is 10.1. The average Bonchev–Trinajstić information content (AvgIpc) is 2.56. The van der Waals surface area contributed by atoms with Gasteiger partial charge in [-0.25, -0.2) is 0 Å². The molecule has 2 rings (SSSR count). The first-order valence-corrected chi connectivity index (χ1v) is 6.92. The van der Waals surface area contributed by atoms with Crippen molar-refractivity contribution in [3.05, 3.63) is 65.7 Å². The number of aliphatic hydroxyl groups is 1. The van der Waals surface area contributed by atoms with E-state index in [1.165, 1.54) is 0 Å². The van der Waals surface area contributed by atoms with Gasteiger partial charge in [-0.3, -0.25) is 0 Å². The van der Waals surface area contributed by atoms with Gasteiger partial charge in [0.25, 0.3) is 0 Å². The van der Waals surface area contributed by atoms with Gasteiger partial charge in [0.05, 0.1) is 20.8 Å². The molecule has 22 heavy (non-hydrogen) atoms. The topological polar surface area (TPSA) is 58.9 Å². The van der Waals surface area contributed by atoms with Gasteiger partial charge in [-0.15, -0.1) is 6.58 Å². The molecule has 0 radical (unpaired) electrons. The Kier molecular flexibility index (Phi) is 5.07. The number of para-hydroxylation sites is 1. The lowest BCUT2D eigenvalue weighted by atomic mass is 9.89. The van der Waals surface area contributed by atoms with Crippen LogP contribution in [0.5, 0.6) is 17.2 Å². The summed E-state index contributed by atoms with van der Waals surface area (Å²) in [5.41, 5.74) is 2.19. The summed E-state index contributed by atoms with van der Waals surface area (Å²) in [6.45, 7) is 3.73. The molecule has 2 aromatic carbocycles. The Morgan fingerprint density at radius 3 is 2.32 bits per heavy atom. The third kappa shape index (κ3) is 2.92. The van der Waals surface area contributed by atoms with Crippen LogP contribution >= 0.6 is 0 Å². The van der Waals surface area contributed by atoms with Gasteiger partial charge in [-0.1, -0.05) is 24.3 Å². The van der Waals surface area contributed by atoms with Crippen molar-refractivity contribution in [2.45, 2.75) is 12.5 Å². The number of aliphatic hydroxyl groups excluding tert-OH is 1. The standard InChI is InChI=1S/C18H20O4/c1-4-13(14-7-5-6-8-16(14)20)15-10-17(21-2)12(11-19)9-18(15)22-3/h4-10,13,19-20H,1,11H2,2-3H3. The lowest BCUT2D eigenvalue weighted by Gasteiger charge is -2.20. The van der Waals surface area contributed by atoms with E-state index in [0.29, 0.717) is 17.1 Å². The van der Waals surface area contributed by atoms with Crippen molar-refractivity contribution in [2.24, 2.45) is 0 Å². The minimum Gasteiger partial charge on any atom is -0.508 e. The Labute approximate surface area is 130 Å². The van der Waals surface area contributed by atoms with Crippen LogP contribution in [-0.2, 0) is 6.61 Å². The van der Waals surface area contributed by atoms with Crippen molar-refractivity contribution >= 4 is 0 Å². The first kappa shape index (κ1) is 15.9. The average molecular weight is 300 g/mol. The van der Waals surface area contributed by atoms with E-state index < -0.39 is 0 Å². The number of hydrogen-bond donors (Lipinski definition) is 2. The number of hydrogen-bond acceptors (Lipinski definition) is 4. The number of methoxy groups -OCH3 is 2. The molecule has 0 fully saturated rings. The van der Waals surface area contributed by atoms with Gasteiger partial charge in [0.1, 0.15) is 17.2 Å². The summed E-state index contributed by atoms with van der Waals surface area (Å²) in [5, 5.41) is 19.5. The number of aromatic hydroxyl groups is 1. The van der Waals surface area contributed by atoms with E-state index in [2.05, 4.69) is 6.58 Å². The van der Waals surface area contributed by atoms with E-state index in [4.69, 9.17) is 9.47 Å². The first-order chi connectivity index (χ1) is 10.7. The second-order valence-electron chi connectivity index (χ2n) is 4.84. The van der Waals surface area contributed by atoms with Crippen LogP contribution in [0.1, 0.15) is 22.6 Å². The van der Waals surface area contributed by atoms with Crippen molar-refractivity contribution < 1.29 is 19.7 Å². The molecule has 4 heteroatoms. The molecule has 0 saturated heterocycles. The summed E-state index contributed by atoms with van der Waals surface area (Å²) >= 11 is 0. The number of allylic oxidation sites excluding steroid dienone is 1. The third-order valence-electron chi connectivity index (χ3n) is 3.65. The molecule has 1 atom stereocenters. The van der Waals surface area contributed by atoms with Crippen molar-refractivity contribution in [2.75, 3.05) is 14.2 Å². The highest BCUT2D eigenvalue weighted by Crippen LogP contribution is 2.40. The minimum atomic E-state index is -0.252. The zero-order chi connectivity index (χ0) is 16.1. The SMILES string of the molecule is C=CC(c1ccccc1O)c1cc(OC)c(CO)cc1OC. The number of phenols is 1. The zero-order valence-corrected chi connectivity index (χ0v) is 12.7. The molecule has 0 bridgehead atoms. The molecule has 0 saturated carbocycles. The fraction of sp³-hybridized carbons (Fsp3) is 0.222. The molecule has 0 aliphatic heterocycles. The van der Waals surface area contributed by atoms with Gasteiger partial charge >= 0.3 is 0 Å². The molecule has 2 aromatic rings. The quantitative estimate of drug-likeness (QED) is 0.804. The second kappa shape index (κ2) is 7.00. The third-order valence-corrected chi connectivity index (χ3v) is 3.65. The molecule has 4 nitrogen and oxygen atoms in total. The van der Waals surface area contributed by atoms with E-state index in [9.17, 15) is 10.2 Å². The van der Waals surface area contributed by atoms with Crippen LogP contribution in [0.4, 0.5) is 0 Å². The van der Waals surface area contributed by atoms with Gasteiger partial charge in [0, 0.05) is 22.6 Å². The van der Waals surface area contributed by atoms with Crippen LogP contribution in [0.3, 0.4) is 0 Å². The molecule has 0 aliphatic rings. The van der Waals surface area contributed by atoms with E-state index in [0.717, 1.165) is 11.1 Å². The maximum Gasteiger partial charge on any atom is 0.124 e. The molecular weight excluding hydrogens is 280 g/mol. The molecule has 1 unspecified atom stereocenters. The van der Waals surface area contributed by atoms with Crippen LogP contribution in [0, 0.1) is 0 Å². The number of phenolic OH excluding ortho intramolecular Hbond substituents is 1. The van der Waals surface area contributed by atoms with E-state index in [1.54, 1.807) is 38.5 Å². The highest BCUT2D eigenvalue weighted by molar-refractivity contribution is 5.54. The highest BCUT2D eigenvalue weighted by Gasteiger charge is 2.20. The van der Waals surface area contributed by atoms with Gasteiger partial charge < -0.3 is 19.7 Å². The normalized spacial score (nSPS) is 11.8. The van der Waals surface area contributed by atoms with Crippen LogP contribution in [-0.4, -0.2) is 24.4 Å². The lowest BCUT2D eigenvalue weighted by molar-refractivity contribution is 0.272. The number of rotatable bonds is 6. The van der Waals surface area contributed by atoms with Gasteiger partial charge in [0.15, 0.2) is 0 Å². The predicted molar refractivity (Wildman–Crippen MR) is 85.6 cm³/mol.